The zero-order valence-electron chi connectivity index (χ0n) is 19.4. The molecule has 1 amide bonds. The fourth-order valence-corrected chi connectivity index (χ4v) is 5.89. The number of amides is 1. The van der Waals surface area contributed by atoms with Crippen molar-refractivity contribution in [3.05, 3.63) is 47.4 Å². The minimum atomic E-state index is -3.87. The van der Waals surface area contributed by atoms with E-state index in [1.165, 1.54) is 37.4 Å². The molecule has 1 aliphatic rings. The van der Waals surface area contributed by atoms with Crippen LogP contribution < -0.4 is 9.62 Å². The minimum absolute atomic E-state index is 0.0898. The molecule has 4 rings (SSSR count). The van der Waals surface area contributed by atoms with Crippen LogP contribution in [0.3, 0.4) is 0 Å². The number of aromatic nitrogens is 1. The Kier molecular flexibility index (Phi) is 6.36. The Balaban J connectivity index is 1.96. The molecule has 0 fully saturated rings. The first-order valence-electron chi connectivity index (χ1n) is 10.5. The average molecular weight is 526 g/mol. The number of pyridine rings is 1. The predicted molar refractivity (Wildman–Crippen MR) is 128 cm³/mol. The maximum Gasteiger partial charge on any atom is 0.257 e. The second-order valence-electron chi connectivity index (χ2n) is 8.42. The van der Waals surface area contributed by atoms with Crippen molar-refractivity contribution in [1.82, 2.24) is 10.3 Å². The lowest BCUT2D eigenvalue weighted by atomic mass is 10.1. The molecular formula is C22H24FN3O7S2. The molecule has 0 spiro atoms. The number of fused-ring (bicyclic) bond motifs is 2. The van der Waals surface area contributed by atoms with Gasteiger partial charge < -0.3 is 14.5 Å². The highest BCUT2D eigenvalue weighted by Gasteiger charge is 2.36. The van der Waals surface area contributed by atoms with E-state index in [0.29, 0.717) is 5.56 Å². The molecule has 10 nitrogen and oxygen atoms in total. The maximum atomic E-state index is 13.5. The van der Waals surface area contributed by atoms with Gasteiger partial charge in [0.1, 0.15) is 32.5 Å². The summed E-state index contributed by atoms with van der Waals surface area (Å²) in [5.74, 6) is -1.21. The predicted octanol–water partition coefficient (Wildman–Crippen LogP) is 2.26. The summed E-state index contributed by atoms with van der Waals surface area (Å²) in [4.78, 5) is 17.4. The van der Waals surface area contributed by atoms with E-state index in [-0.39, 0.29) is 46.1 Å². The number of hydrogen-bond acceptors (Lipinski definition) is 8. The molecule has 0 radical (unpaired) electrons. The van der Waals surface area contributed by atoms with Crippen LogP contribution in [0, 0.1) is 5.82 Å². The Morgan fingerprint density at radius 2 is 1.86 bits per heavy atom. The number of furan rings is 1. The van der Waals surface area contributed by atoms with Crippen LogP contribution in [0.2, 0.25) is 0 Å². The molecule has 0 saturated heterocycles. The van der Waals surface area contributed by atoms with E-state index in [0.717, 1.165) is 16.8 Å². The highest BCUT2D eigenvalue weighted by atomic mass is 32.2. The van der Waals surface area contributed by atoms with Crippen LogP contribution in [0.25, 0.3) is 22.4 Å². The van der Waals surface area contributed by atoms with Crippen molar-refractivity contribution < 1.29 is 35.2 Å². The third kappa shape index (κ3) is 5.02. The Labute approximate surface area is 202 Å². The van der Waals surface area contributed by atoms with E-state index in [2.05, 4.69) is 10.3 Å². The molecule has 3 heterocycles. The van der Waals surface area contributed by atoms with E-state index in [1.807, 2.05) is 0 Å². The molecule has 13 heteroatoms. The van der Waals surface area contributed by atoms with Crippen LogP contribution in [0.1, 0.15) is 29.1 Å². The highest BCUT2D eigenvalue weighted by Crippen LogP contribution is 2.40. The number of carbonyl (C=O) groups is 1. The van der Waals surface area contributed by atoms with Crippen molar-refractivity contribution in [2.45, 2.75) is 19.1 Å². The summed E-state index contributed by atoms with van der Waals surface area (Å²) in [6.07, 6.45) is 0.302. The van der Waals surface area contributed by atoms with Crippen molar-refractivity contribution >= 4 is 42.6 Å². The van der Waals surface area contributed by atoms with Gasteiger partial charge >= 0.3 is 0 Å². The standard InChI is InChI=1S/C22H24FN3O7S2/c1-12-19-16(26(35(4,30)31)10-15(32-12)11-34(3,28)29)9-17-20(25-19)18(22(27)24-2)21(33-17)13-5-7-14(23)8-6-13/h5-9,12,15H,10-11H2,1-4H3,(H,24,27)/t12-,15-/m0/s1. The van der Waals surface area contributed by atoms with E-state index < -0.39 is 43.8 Å². The second-order valence-corrected chi connectivity index (χ2v) is 12.5. The lowest BCUT2D eigenvalue weighted by Crippen LogP contribution is -2.39. The summed E-state index contributed by atoms with van der Waals surface area (Å²) >= 11 is 0. The number of rotatable bonds is 5. The number of anilines is 1. The fourth-order valence-electron chi connectivity index (χ4n) is 4.09. The Hall–Kier alpha value is -3.03. The summed E-state index contributed by atoms with van der Waals surface area (Å²) in [7, 11) is -5.90. The van der Waals surface area contributed by atoms with Crippen LogP contribution >= 0.6 is 0 Å². The molecule has 35 heavy (non-hydrogen) atoms. The van der Waals surface area contributed by atoms with E-state index in [9.17, 15) is 26.0 Å². The molecule has 3 aromatic rings. The largest absolute Gasteiger partial charge is 0.453 e. The SMILES string of the molecule is CNC(=O)c1c(-c2ccc(F)cc2)oc2cc3c(nc12)[C@H](C)O[C@H](CS(C)(=O)=O)CN3S(C)(=O)=O. The van der Waals surface area contributed by atoms with Crippen LogP contribution in [0.4, 0.5) is 10.1 Å². The van der Waals surface area contributed by atoms with Gasteiger partial charge in [-0.1, -0.05) is 0 Å². The highest BCUT2D eigenvalue weighted by molar-refractivity contribution is 7.92. The number of carbonyl (C=O) groups excluding carboxylic acids is 1. The van der Waals surface area contributed by atoms with Gasteiger partial charge in [-0.2, -0.15) is 0 Å². The molecule has 1 N–H and O–H groups in total. The molecule has 1 aromatic carbocycles. The number of ether oxygens (including phenoxy) is 1. The quantitative estimate of drug-likeness (QED) is 0.536. The summed E-state index contributed by atoms with van der Waals surface area (Å²) in [6.45, 7) is 1.38. The van der Waals surface area contributed by atoms with Crippen LogP contribution in [0.5, 0.6) is 0 Å². The third-order valence-electron chi connectivity index (χ3n) is 5.54. The third-order valence-corrected chi connectivity index (χ3v) is 7.66. The van der Waals surface area contributed by atoms with Gasteiger partial charge in [0.25, 0.3) is 5.91 Å². The van der Waals surface area contributed by atoms with Gasteiger partial charge in [-0.15, -0.1) is 0 Å². The Morgan fingerprint density at radius 3 is 2.43 bits per heavy atom. The van der Waals surface area contributed by atoms with Gasteiger partial charge in [0.15, 0.2) is 5.58 Å². The second kappa shape index (κ2) is 8.88. The van der Waals surface area contributed by atoms with Gasteiger partial charge in [0, 0.05) is 24.9 Å². The zero-order valence-corrected chi connectivity index (χ0v) is 21.0. The van der Waals surface area contributed by atoms with Crippen molar-refractivity contribution in [3.63, 3.8) is 0 Å². The summed E-state index contributed by atoms with van der Waals surface area (Å²) in [5, 5.41) is 2.53. The first-order chi connectivity index (χ1) is 16.3. The molecule has 2 atom stereocenters. The van der Waals surface area contributed by atoms with E-state index in [1.54, 1.807) is 6.92 Å². The topological polar surface area (TPSA) is 136 Å². The molecular weight excluding hydrogens is 501 g/mol. The van der Waals surface area contributed by atoms with Crippen molar-refractivity contribution in [2.24, 2.45) is 0 Å². The van der Waals surface area contributed by atoms with Gasteiger partial charge in [-0.3, -0.25) is 9.10 Å². The average Bonchev–Trinajstić information content (AvgIpc) is 3.06. The minimum Gasteiger partial charge on any atom is -0.453 e. The van der Waals surface area contributed by atoms with Crippen LogP contribution in [-0.4, -0.2) is 65.7 Å². The number of hydrogen-bond donors (Lipinski definition) is 1. The first-order valence-corrected chi connectivity index (χ1v) is 14.5. The number of benzene rings is 1. The zero-order chi connectivity index (χ0) is 25.7. The normalized spacial score (nSPS) is 18.8. The van der Waals surface area contributed by atoms with Crippen molar-refractivity contribution in [2.75, 3.05) is 36.2 Å². The monoisotopic (exact) mass is 525 g/mol. The lowest BCUT2D eigenvalue weighted by molar-refractivity contribution is 0.0173. The van der Waals surface area contributed by atoms with E-state index >= 15 is 0 Å². The molecule has 0 aliphatic carbocycles. The molecule has 1 aliphatic heterocycles. The summed E-state index contributed by atoms with van der Waals surface area (Å²) in [6, 6.07) is 6.80. The smallest absolute Gasteiger partial charge is 0.257 e. The van der Waals surface area contributed by atoms with Crippen LogP contribution in [0.15, 0.2) is 34.7 Å². The van der Waals surface area contributed by atoms with Crippen molar-refractivity contribution in [1.29, 1.82) is 0 Å². The molecule has 188 valence electrons. The number of nitrogens with zero attached hydrogens (tertiary/aromatic N) is 2. The van der Waals surface area contributed by atoms with Gasteiger partial charge in [0.05, 0.1) is 42.1 Å². The van der Waals surface area contributed by atoms with Gasteiger partial charge in [-0.05, 0) is 31.2 Å². The summed E-state index contributed by atoms with van der Waals surface area (Å²) < 4.78 is 75.6. The molecule has 0 unspecified atom stereocenters. The van der Waals surface area contributed by atoms with Crippen LogP contribution in [-0.2, 0) is 24.6 Å². The number of halogens is 1. The Morgan fingerprint density at radius 1 is 1.20 bits per heavy atom. The lowest BCUT2D eigenvalue weighted by Gasteiger charge is -2.24. The molecule has 2 aromatic heterocycles. The Bertz CT molecular complexity index is 1520. The van der Waals surface area contributed by atoms with Crippen molar-refractivity contribution in [3.8, 4) is 11.3 Å². The first kappa shape index (κ1) is 25.1. The fraction of sp³-hybridized carbons (Fsp3) is 0.364. The van der Waals surface area contributed by atoms with Gasteiger partial charge in [0.2, 0.25) is 10.0 Å². The molecule has 0 bridgehead atoms. The number of sulfone groups is 1. The van der Waals surface area contributed by atoms with E-state index in [4.69, 9.17) is 9.15 Å². The number of sulfonamides is 1. The van der Waals surface area contributed by atoms with Gasteiger partial charge in [-0.25, -0.2) is 26.2 Å². The number of nitrogens with one attached hydrogen (secondary N) is 1. The molecule has 0 saturated carbocycles. The summed E-state index contributed by atoms with van der Waals surface area (Å²) in [5.41, 5.74) is 1.17. The maximum absolute atomic E-state index is 13.5.